The maximum absolute atomic E-state index is 12.6. The smallest absolute Gasteiger partial charge is 0.272 e. The minimum atomic E-state index is -0.446. The number of benzene rings is 1. The fourth-order valence-corrected chi connectivity index (χ4v) is 4.02. The van der Waals surface area contributed by atoms with Crippen LogP contribution >= 0.6 is 11.3 Å². The number of H-pyrrole nitrogens is 3. The van der Waals surface area contributed by atoms with Gasteiger partial charge in [-0.15, -0.1) is 11.3 Å². The van der Waals surface area contributed by atoms with Gasteiger partial charge in [-0.1, -0.05) is 45.0 Å². The van der Waals surface area contributed by atoms with Gasteiger partial charge < -0.3 is 15.0 Å². The number of nitrogens with one attached hydrogen (secondary N) is 3. The molecule has 4 aromatic rings. The van der Waals surface area contributed by atoms with Crippen molar-refractivity contribution in [3.05, 3.63) is 107 Å². The summed E-state index contributed by atoms with van der Waals surface area (Å²) in [5, 5.41) is 2.07. The Morgan fingerprint density at radius 2 is 1.72 bits per heavy atom. The van der Waals surface area contributed by atoms with Gasteiger partial charge in [0.1, 0.15) is 10.7 Å². The van der Waals surface area contributed by atoms with E-state index >= 15 is 0 Å². The van der Waals surface area contributed by atoms with Gasteiger partial charge in [-0.05, 0) is 35.2 Å². The second-order valence-corrected chi connectivity index (χ2v) is 9.32. The second kappa shape index (κ2) is 8.39. The van der Waals surface area contributed by atoms with E-state index < -0.39 is 11.1 Å². The van der Waals surface area contributed by atoms with Crippen LogP contribution in [0.1, 0.15) is 53.0 Å². The number of rotatable bonds is 4. The largest absolute Gasteiger partial charge is 0.348 e. The minimum Gasteiger partial charge on any atom is -0.348 e. The van der Waals surface area contributed by atoms with Crippen LogP contribution in [0.5, 0.6) is 0 Å². The molecule has 8 heteroatoms. The Kier molecular flexibility index (Phi) is 5.63. The van der Waals surface area contributed by atoms with Crippen LogP contribution in [0.15, 0.2) is 57.7 Å². The monoisotopic (exact) mass is 446 g/mol. The maximum atomic E-state index is 12.6. The Hall–Kier alpha value is -3.78. The predicted octanol–water partition coefficient (Wildman–Crippen LogP) is 2.03. The summed E-state index contributed by atoms with van der Waals surface area (Å²) in [5.41, 5.74) is 1.51. The molecule has 0 spiro atoms. The lowest BCUT2D eigenvalue weighted by atomic mass is 9.90. The van der Waals surface area contributed by atoms with Gasteiger partial charge in [0.15, 0.2) is 0 Å². The van der Waals surface area contributed by atoms with Gasteiger partial charge in [-0.25, -0.2) is 4.98 Å². The summed E-state index contributed by atoms with van der Waals surface area (Å²) < 4.78 is 0. The van der Waals surface area contributed by atoms with Crippen LogP contribution < -0.4 is 21.8 Å². The van der Waals surface area contributed by atoms with Crippen molar-refractivity contribution < 1.29 is 4.79 Å². The molecule has 7 nitrogen and oxygen atoms in total. The number of imidazole rings is 1. The Morgan fingerprint density at radius 1 is 1.00 bits per heavy atom. The number of hydrogen-bond acceptors (Lipinski definition) is 5. The maximum Gasteiger partial charge on any atom is 0.272 e. The van der Waals surface area contributed by atoms with Crippen LogP contribution in [0.2, 0.25) is 0 Å². The third kappa shape index (κ3) is 4.45. The number of ketones is 1. The van der Waals surface area contributed by atoms with Crippen LogP contribution in [0, 0.1) is 0 Å². The molecule has 0 unspecified atom stereocenters. The third-order valence-electron chi connectivity index (χ3n) is 4.89. The minimum absolute atomic E-state index is 0.0868. The number of aromatic amines is 3. The van der Waals surface area contributed by atoms with Crippen LogP contribution in [0.4, 0.5) is 0 Å². The average Bonchev–Trinajstić information content (AvgIpc) is 3.43. The van der Waals surface area contributed by atoms with E-state index in [0.717, 1.165) is 5.69 Å². The summed E-state index contributed by atoms with van der Waals surface area (Å²) in [6.45, 7) is 6.08. The SMILES string of the molecule is CC(C)(C)c1[nH]cnc1/C=c1\[nH]c(=O)/c(=C/c2cccc(C(=O)c3cccs3)c2)[nH]c1=O. The first-order valence-electron chi connectivity index (χ1n) is 10.0. The molecule has 0 radical (unpaired) electrons. The standard InChI is InChI=1S/C24H22N4O3S/c1-24(2,3)21-16(25-13-26-21)12-18-23(31)27-17(22(30)28-18)11-14-6-4-7-15(10-14)20(29)19-8-5-9-32-19/h4-13H,1-3H3,(H,25,26)(H,27,31)(H,28,30)/b17-11-,18-12-. The molecule has 32 heavy (non-hydrogen) atoms. The summed E-state index contributed by atoms with van der Waals surface area (Å²) in [6.07, 6.45) is 4.66. The molecule has 4 rings (SSSR count). The fraction of sp³-hybridized carbons (Fsp3) is 0.167. The number of carbonyl (C=O) groups is 1. The molecule has 0 aliphatic carbocycles. The number of nitrogens with zero attached hydrogens (tertiary/aromatic N) is 1. The summed E-state index contributed by atoms with van der Waals surface area (Å²) in [4.78, 5) is 51.1. The number of aromatic nitrogens is 4. The van der Waals surface area contributed by atoms with Gasteiger partial charge >= 0.3 is 0 Å². The van der Waals surface area contributed by atoms with Crippen molar-refractivity contribution in [3.8, 4) is 0 Å². The van der Waals surface area contributed by atoms with Gasteiger partial charge in [0, 0.05) is 16.7 Å². The summed E-state index contributed by atoms with van der Waals surface area (Å²) >= 11 is 1.37. The summed E-state index contributed by atoms with van der Waals surface area (Å²) in [6, 6.07) is 10.5. The lowest BCUT2D eigenvalue weighted by Gasteiger charge is -2.16. The molecule has 0 bridgehead atoms. The molecular formula is C24H22N4O3S. The zero-order chi connectivity index (χ0) is 22.9. The molecule has 162 valence electrons. The zero-order valence-electron chi connectivity index (χ0n) is 17.9. The third-order valence-corrected chi connectivity index (χ3v) is 5.76. The van der Waals surface area contributed by atoms with E-state index in [1.165, 1.54) is 11.3 Å². The summed E-state index contributed by atoms with van der Waals surface area (Å²) in [7, 11) is 0. The van der Waals surface area contributed by atoms with E-state index in [0.29, 0.717) is 21.7 Å². The second-order valence-electron chi connectivity index (χ2n) is 8.37. The molecule has 1 aromatic carbocycles. The highest BCUT2D eigenvalue weighted by atomic mass is 32.1. The van der Waals surface area contributed by atoms with Crippen LogP contribution in [-0.2, 0) is 5.41 Å². The zero-order valence-corrected chi connectivity index (χ0v) is 18.7. The van der Waals surface area contributed by atoms with E-state index in [4.69, 9.17) is 0 Å². The van der Waals surface area contributed by atoms with E-state index in [2.05, 4.69) is 19.9 Å². The number of carbonyl (C=O) groups excluding carboxylic acids is 1. The molecule has 0 saturated heterocycles. The molecule has 0 amide bonds. The van der Waals surface area contributed by atoms with Crippen molar-refractivity contribution in [2.75, 3.05) is 0 Å². The number of hydrogen-bond donors (Lipinski definition) is 3. The molecule has 3 N–H and O–H groups in total. The first kappa shape index (κ1) is 21.5. The first-order chi connectivity index (χ1) is 15.2. The highest BCUT2D eigenvalue weighted by molar-refractivity contribution is 7.12. The fourth-order valence-electron chi connectivity index (χ4n) is 3.33. The highest BCUT2D eigenvalue weighted by Gasteiger charge is 2.19. The van der Waals surface area contributed by atoms with Crippen molar-refractivity contribution in [1.29, 1.82) is 0 Å². The molecular weight excluding hydrogens is 424 g/mol. The van der Waals surface area contributed by atoms with Crippen molar-refractivity contribution in [1.82, 2.24) is 19.9 Å². The van der Waals surface area contributed by atoms with Gasteiger partial charge in [0.05, 0.1) is 16.9 Å². The Bertz CT molecular complexity index is 1520. The molecule has 0 atom stereocenters. The van der Waals surface area contributed by atoms with E-state index in [1.54, 1.807) is 48.8 Å². The van der Waals surface area contributed by atoms with Crippen molar-refractivity contribution in [3.63, 3.8) is 0 Å². The highest BCUT2D eigenvalue weighted by Crippen LogP contribution is 2.22. The van der Waals surface area contributed by atoms with Crippen LogP contribution in [0.25, 0.3) is 12.2 Å². The van der Waals surface area contributed by atoms with Crippen LogP contribution in [0.3, 0.4) is 0 Å². The first-order valence-corrected chi connectivity index (χ1v) is 10.9. The van der Waals surface area contributed by atoms with E-state index in [-0.39, 0.29) is 21.9 Å². The van der Waals surface area contributed by atoms with E-state index in [1.807, 2.05) is 32.2 Å². The molecule has 0 saturated carbocycles. The summed E-state index contributed by atoms with van der Waals surface area (Å²) in [5.74, 6) is -0.0868. The quantitative estimate of drug-likeness (QED) is 0.417. The molecule has 0 aliphatic rings. The van der Waals surface area contributed by atoms with Gasteiger partial charge in [-0.3, -0.25) is 14.4 Å². The van der Waals surface area contributed by atoms with E-state index in [9.17, 15) is 14.4 Å². The van der Waals surface area contributed by atoms with Crippen LogP contribution in [-0.4, -0.2) is 25.7 Å². The Morgan fingerprint density at radius 3 is 2.38 bits per heavy atom. The molecule has 3 aromatic heterocycles. The number of thiophene rings is 1. The van der Waals surface area contributed by atoms with Gasteiger partial charge in [0.2, 0.25) is 5.78 Å². The molecule has 0 fully saturated rings. The van der Waals surface area contributed by atoms with Crippen molar-refractivity contribution in [2.24, 2.45) is 0 Å². The topological polar surface area (TPSA) is 111 Å². The Labute approximate surface area is 187 Å². The Balaban J connectivity index is 1.75. The van der Waals surface area contributed by atoms with Crippen molar-refractivity contribution in [2.45, 2.75) is 26.2 Å². The molecule has 0 aliphatic heterocycles. The predicted molar refractivity (Wildman–Crippen MR) is 126 cm³/mol. The van der Waals surface area contributed by atoms with Gasteiger partial charge in [0.25, 0.3) is 11.1 Å². The lowest BCUT2D eigenvalue weighted by Crippen LogP contribution is -2.46. The molecule has 3 heterocycles. The normalized spacial score (nSPS) is 13.0. The lowest BCUT2D eigenvalue weighted by molar-refractivity contribution is 0.104. The average molecular weight is 447 g/mol. The van der Waals surface area contributed by atoms with Gasteiger partial charge in [-0.2, -0.15) is 0 Å². The van der Waals surface area contributed by atoms with Crippen molar-refractivity contribution >= 4 is 29.3 Å².